The second kappa shape index (κ2) is 9.42. The SMILES string of the molecule is CCNC(=O)[C@H](C)OC(=O)CCCNS(=O)(=O)c1ccc(F)cc1F. The van der Waals surface area contributed by atoms with E-state index in [2.05, 4.69) is 10.0 Å². The number of hydrogen-bond donors (Lipinski definition) is 2. The molecule has 0 aromatic heterocycles. The molecule has 1 rings (SSSR count). The maximum atomic E-state index is 13.5. The van der Waals surface area contributed by atoms with Crippen LogP contribution in [-0.2, 0) is 24.3 Å². The third kappa shape index (κ3) is 6.75. The van der Waals surface area contributed by atoms with Crippen LogP contribution in [0.25, 0.3) is 0 Å². The van der Waals surface area contributed by atoms with Crippen molar-refractivity contribution in [3.63, 3.8) is 0 Å². The molecule has 0 aliphatic rings. The van der Waals surface area contributed by atoms with E-state index in [1.165, 1.54) is 6.92 Å². The number of carbonyl (C=O) groups is 2. The summed E-state index contributed by atoms with van der Waals surface area (Å²) in [6.45, 7) is 3.40. The maximum absolute atomic E-state index is 13.5. The van der Waals surface area contributed by atoms with Gasteiger partial charge in [-0.25, -0.2) is 21.9 Å². The zero-order valence-corrected chi connectivity index (χ0v) is 14.7. The standard InChI is InChI=1S/C15H20F2N2O5S/c1-3-18-15(21)10(2)24-14(20)5-4-8-19-25(22,23)13-7-6-11(16)9-12(13)17/h6-7,9-10,19H,3-5,8H2,1-2H3,(H,18,21)/t10-/m0/s1. The number of carbonyl (C=O) groups excluding carboxylic acids is 2. The first kappa shape index (κ1) is 21.0. The Labute approximate surface area is 144 Å². The van der Waals surface area contributed by atoms with Crippen LogP contribution < -0.4 is 10.0 Å². The number of esters is 1. The number of benzene rings is 1. The number of sulfonamides is 1. The molecule has 2 N–H and O–H groups in total. The van der Waals surface area contributed by atoms with Crippen LogP contribution >= 0.6 is 0 Å². The summed E-state index contributed by atoms with van der Waals surface area (Å²) in [5, 5.41) is 2.50. The lowest BCUT2D eigenvalue weighted by Gasteiger charge is -2.12. The zero-order chi connectivity index (χ0) is 19.0. The van der Waals surface area contributed by atoms with Gasteiger partial charge in [-0.1, -0.05) is 0 Å². The molecule has 0 unspecified atom stereocenters. The van der Waals surface area contributed by atoms with Crippen LogP contribution in [0.5, 0.6) is 0 Å². The van der Waals surface area contributed by atoms with Crippen LogP contribution in [0.1, 0.15) is 26.7 Å². The van der Waals surface area contributed by atoms with Crippen molar-refractivity contribution in [3.8, 4) is 0 Å². The maximum Gasteiger partial charge on any atom is 0.306 e. The van der Waals surface area contributed by atoms with E-state index in [9.17, 15) is 26.8 Å². The molecule has 1 amide bonds. The Morgan fingerprint density at radius 3 is 2.56 bits per heavy atom. The highest BCUT2D eigenvalue weighted by Crippen LogP contribution is 2.15. The highest BCUT2D eigenvalue weighted by molar-refractivity contribution is 7.89. The highest BCUT2D eigenvalue weighted by Gasteiger charge is 2.20. The first-order valence-electron chi connectivity index (χ1n) is 7.59. The van der Waals surface area contributed by atoms with Crippen molar-refractivity contribution in [2.24, 2.45) is 0 Å². The molecule has 0 heterocycles. The smallest absolute Gasteiger partial charge is 0.306 e. The minimum Gasteiger partial charge on any atom is -0.453 e. The average Bonchev–Trinajstić information content (AvgIpc) is 2.51. The van der Waals surface area contributed by atoms with Gasteiger partial charge in [0.05, 0.1) is 0 Å². The van der Waals surface area contributed by atoms with E-state index < -0.39 is 44.5 Å². The molecule has 1 atom stereocenters. The monoisotopic (exact) mass is 378 g/mol. The summed E-state index contributed by atoms with van der Waals surface area (Å²) in [6, 6.07) is 2.11. The summed E-state index contributed by atoms with van der Waals surface area (Å²) in [6.07, 6.45) is -0.987. The molecule has 0 radical (unpaired) electrons. The molecular weight excluding hydrogens is 358 g/mol. The molecule has 0 bridgehead atoms. The van der Waals surface area contributed by atoms with E-state index in [4.69, 9.17) is 4.74 Å². The van der Waals surface area contributed by atoms with Gasteiger partial charge in [-0.05, 0) is 32.4 Å². The topological polar surface area (TPSA) is 102 Å². The Bertz CT molecular complexity index is 725. The van der Waals surface area contributed by atoms with Crippen LogP contribution in [0.15, 0.2) is 23.1 Å². The quantitative estimate of drug-likeness (QED) is 0.495. The number of ether oxygens (including phenoxy) is 1. The van der Waals surface area contributed by atoms with Gasteiger partial charge < -0.3 is 10.1 Å². The number of rotatable bonds is 9. The lowest BCUT2D eigenvalue weighted by Crippen LogP contribution is -2.35. The minimum absolute atomic E-state index is 0.0863. The first-order chi connectivity index (χ1) is 11.7. The van der Waals surface area contributed by atoms with E-state index in [1.807, 2.05) is 0 Å². The van der Waals surface area contributed by atoms with Crippen LogP contribution in [-0.4, -0.2) is 39.5 Å². The minimum atomic E-state index is -4.16. The average molecular weight is 378 g/mol. The summed E-state index contributed by atoms with van der Waals surface area (Å²) in [4.78, 5) is 22.3. The van der Waals surface area contributed by atoms with Gasteiger partial charge in [0.25, 0.3) is 5.91 Å². The highest BCUT2D eigenvalue weighted by atomic mass is 32.2. The summed E-state index contributed by atoms with van der Waals surface area (Å²) in [7, 11) is -4.16. The van der Waals surface area contributed by atoms with Gasteiger partial charge >= 0.3 is 5.97 Å². The van der Waals surface area contributed by atoms with Crippen LogP contribution in [0, 0.1) is 11.6 Å². The van der Waals surface area contributed by atoms with E-state index in [-0.39, 0.29) is 19.4 Å². The Morgan fingerprint density at radius 1 is 1.28 bits per heavy atom. The predicted octanol–water partition coefficient (Wildman–Crippen LogP) is 1.09. The molecule has 0 aliphatic heterocycles. The molecule has 0 aliphatic carbocycles. The van der Waals surface area contributed by atoms with Crippen molar-refractivity contribution in [2.75, 3.05) is 13.1 Å². The number of halogens is 2. The van der Waals surface area contributed by atoms with E-state index in [1.54, 1.807) is 6.92 Å². The van der Waals surface area contributed by atoms with Crippen LogP contribution in [0.4, 0.5) is 8.78 Å². The van der Waals surface area contributed by atoms with Gasteiger partial charge in [-0.2, -0.15) is 0 Å². The van der Waals surface area contributed by atoms with Crippen LogP contribution in [0.2, 0.25) is 0 Å². The number of hydrogen-bond acceptors (Lipinski definition) is 5. The van der Waals surface area contributed by atoms with Gasteiger partial charge in [0.2, 0.25) is 10.0 Å². The molecule has 0 saturated heterocycles. The van der Waals surface area contributed by atoms with Gasteiger partial charge in [0, 0.05) is 25.6 Å². The van der Waals surface area contributed by atoms with Crippen molar-refractivity contribution < 1.29 is 31.5 Å². The van der Waals surface area contributed by atoms with E-state index >= 15 is 0 Å². The second-order valence-corrected chi connectivity index (χ2v) is 6.84. The van der Waals surface area contributed by atoms with Crippen LogP contribution in [0.3, 0.4) is 0 Å². The zero-order valence-electron chi connectivity index (χ0n) is 13.8. The Morgan fingerprint density at radius 2 is 1.96 bits per heavy atom. The Balaban J connectivity index is 2.44. The summed E-state index contributed by atoms with van der Waals surface area (Å²) < 4.78 is 57.1. The fourth-order valence-electron chi connectivity index (χ4n) is 1.84. The van der Waals surface area contributed by atoms with Gasteiger partial charge in [0.1, 0.15) is 16.5 Å². The van der Waals surface area contributed by atoms with Crippen molar-refractivity contribution in [2.45, 2.75) is 37.7 Å². The fraction of sp³-hybridized carbons (Fsp3) is 0.467. The Kier molecular flexibility index (Phi) is 7.91. The van der Waals surface area contributed by atoms with Gasteiger partial charge in [0.15, 0.2) is 6.10 Å². The third-order valence-electron chi connectivity index (χ3n) is 3.06. The number of amides is 1. The van der Waals surface area contributed by atoms with E-state index in [0.717, 1.165) is 12.1 Å². The van der Waals surface area contributed by atoms with Crippen molar-refractivity contribution in [1.82, 2.24) is 10.0 Å². The van der Waals surface area contributed by atoms with Gasteiger partial charge in [-0.15, -0.1) is 0 Å². The molecule has 1 aromatic carbocycles. The molecule has 1 aromatic rings. The first-order valence-corrected chi connectivity index (χ1v) is 9.07. The summed E-state index contributed by atoms with van der Waals surface area (Å²) >= 11 is 0. The lowest BCUT2D eigenvalue weighted by molar-refractivity contribution is -0.154. The predicted molar refractivity (Wildman–Crippen MR) is 85.0 cm³/mol. The second-order valence-electron chi connectivity index (χ2n) is 5.10. The van der Waals surface area contributed by atoms with Crippen molar-refractivity contribution >= 4 is 21.9 Å². The molecule has 0 spiro atoms. The van der Waals surface area contributed by atoms with Gasteiger partial charge in [-0.3, -0.25) is 9.59 Å². The molecular formula is C15H20F2N2O5S. The van der Waals surface area contributed by atoms with Crippen molar-refractivity contribution in [1.29, 1.82) is 0 Å². The summed E-state index contributed by atoms with van der Waals surface area (Å²) in [5.41, 5.74) is 0. The van der Waals surface area contributed by atoms with Crippen molar-refractivity contribution in [3.05, 3.63) is 29.8 Å². The number of likely N-dealkylation sites (N-methyl/N-ethyl adjacent to an activating group) is 1. The lowest BCUT2D eigenvalue weighted by atomic mass is 10.3. The molecule has 10 heteroatoms. The normalized spacial score (nSPS) is 12.5. The summed E-state index contributed by atoms with van der Waals surface area (Å²) in [5.74, 6) is -3.18. The third-order valence-corrected chi connectivity index (χ3v) is 4.56. The Hall–Kier alpha value is -2.07. The number of nitrogens with one attached hydrogen (secondary N) is 2. The molecule has 0 saturated carbocycles. The fourth-order valence-corrected chi connectivity index (χ4v) is 2.97. The largest absolute Gasteiger partial charge is 0.453 e. The molecule has 7 nitrogen and oxygen atoms in total. The van der Waals surface area contributed by atoms with E-state index in [0.29, 0.717) is 12.6 Å². The molecule has 25 heavy (non-hydrogen) atoms. The molecule has 140 valence electrons. The molecule has 0 fully saturated rings.